The van der Waals surface area contributed by atoms with Gasteiger partial charge < -0.3 is 10.2 Å². The van der Waals surface area contributed by atoms with Crippen molar-refractivity contribution in [2.45, 2.75) is 58.5 Å². The van der Waals surface area contributed by atoms with Crippen LogP contribution in [0, 0.1) is 26.7 Å². The Hall–Kier alpha value is -1.96. The fourth-order valence-electron chi connectivity index (χ4n) is 4.42. The van der Waals surface area contributed by atoms with Crippen LogP contribution in [0.5, 0.6) is 0 Å². The van der Waals surface area contributed by atoms with Crippen LogP contribution in [-0.2, 0) is 0 Å². The summed E-state index contributed by atoms with van der Waals surface area (Å²) in [6.45, 7) is 7.16. The summed E-state index contributed by atoms with van der Waals surface area (Å²) in [5, 5.41) is 9.59. The summed E-state index contributed by atoms with van der Waals surface area (Å²) >= 11 is 1.60. The zero-order valence-electron chi connectivity index (χ0n) is 16.4. The van der Waals surface area contributed by atoms with Crippen LogP contribution in [0.3, 0.4) is 0 Å². The topological polar surface area (TPSA) is 50.2 Å². The van der Waals surface area contributed by atoms with E-state index in [1.54, 1.807) is 11.3 Å². The first-order valence-electron chi connectivity index (χ1n) is 9.80. The van der Waals surface area contributed by atoms with E-state index in [2.05, 4.69) is 10.4 Å². The van der Waals surface area contributed by atoms with Gasteiger partial charge in [-0.05, 0) is 51.5 Å². The molecule has 0 aromatic carbocycles. The molecule has 0 aliphatic carbocycles. The van der Waals surface area contributed by atoms with Crippen LogP contribution in [0.1, 0.15) is 51.8 Å². The largest absolute Gasteiger partial charge is 0.367 e. The smallest absolute Gasteiger partial charge is 0.260 e. The van der Waals surface area contributed by atoms with E-state index >= 15 is 0 Å². The van der Waals surface area contributed by atoms with Gasteiger partial charge >= 0.3 is 0 Å². The van der Waals surface area contributed by atoms with E-state index in [1.165, 1.54) is 4.68 Å². The molecular formula is C20H26F2N4OS. The molecule has 1 fully saturated rings. The molecule has 2 aromatic heterocycles. The van der Waals surface area contributed by atoms with Crippen LogP contribution >= 0.6 is 11.3 Å². The third kappa shape index (κ3) is 3.43. The highest BCUT2D eigenvalue weighted by Gasteiger charge is 2.39. The number of amides is 1. The second kappa shape index (κ2) is 7.46. The number of thiophene rings is 1. The third-order valence-corrected chi connectivity index (χ3v) is 7.14. The minimum Gasteiger partial charge on any atom is -0.367 e. The van der Waals surface area contributed by atoms with E-state index < -0.39 is 12.5 Å². The number of carbonyl (C=O) groups excluding carboxylic acids is 1. The highest BCUT2D eigenvalue weighted by atomic mass is 32.1. The van der Waals surface area contributed by atoms with Gasteiger partial charge in [0.15, 0.2) is 0 Å². The lowest BCUT2D eigenvalue weighted by Gasteiger charge is -2.41. The Morgan fingerprint density at radius 2 is 2.14 bits per heavy atom. The van der Waals surface area contributed by atoms with Crippen molar-refractivity contribution >= 4 is 23.1 Å². The van der Waals surface area contributed by atoms with E-state index in [1.807, 2.05) is 37.1 Å². The standard InChI is InChI=1S/C20H26F2N4OS/c1-11-7-18-23-16(8-17(19(21)22)26(18)24-11)14-5-4-6-25(9-14)20(27)15-10-28-13(3)12(15)2/h7,10,14,16-17,19,23H,4-6,8-9H2,1-3H3/t14-,16-,17+/m0/s1. The number of halogens is 2. The van der Waals surface area contributed by atoms with Gasteiger partial charge in [-0.25, -0.2) is 13.5 Å². The summed E-state index contributed by atoms with van der Waals surface area (Å²) in [6, 6.07) is 0.830. The summed E-state index contributed by atoms with van der Waals surface area (Å²) < 4.78 is 28.8. The van der Waals surface area contributed by atoms with Crippen LogP contribution < -0.4 is 5.32 Å². The summed E-state index contributed by atoms with van der Waals surface area (Å²) in [7, 11) is 0. The number of alkyl halides is 2. The Bertz CT molecular complexity index is 878. The number of fused-ring (bicyclic) bond motifs is 1. The van der Waals surface area contributed by atoms with Crippen molar-refractivity contribution in [2.75, 3.05) is 18.4 Å². The van der Waals surface area contributed by atoms with Crippen LogP contribution in [0.2, 0.25) is 0 Å². The van der Waals surface area contributed by atoms with Gasteiger partial charge in [-0.3, -0.25) is 4.79 Å². The van der Waals surface area contributed by atoms with Crippen molar-refractivity contribution in [3.8, 4) is 0 Å². The quantitative estimate of drug-likeness (QED) is 0.818. The van der Waals surface area contributed by atoms with Gasteiger partial charge in [0.05, 0.1) is 11.3 Å². The molecule has 0 spiro atoms. The molecule has 8 heteroatoms. The number of likely N-dealkylation sites (tertiary alicyclic amines) is 1. The number of nitrogens with one attached hydrogen (secondary N) is 1. The van der Waals surface area contributed by atoms with Gasteiger partial charge in [0.1, 0.15) is 11.9 Å². The lowest BCUT2D eigenvalue weighted by atomic mass is 9.85. The SMILES string of the molecule is Cc1cc2n(n1)[C@@H](C(F)F)C[C@@H]([C@H]1CCCN(C(=O)c3csc(C)c3C)C1)N2. The van der Waals surface area contributed by atoms with E-state index in [-0.39, 0.29) is 17.9 Å². The zero-order chi connectivity index (χ0) is 20.0. The Labute approximate surface area is 167 Å². The molecule has 3 atom stereocenters. The van der Waals surface area contributed by atoms with Gasteiger partial charge in [-0.2, -0.15) is 5.10 Å². The highest BCUT2D eigenvalue weighted by Crippen LogP contribution is 2.37. The number of aryl methyl sites for hydroxylation is 2. The number of aromatic nitrogens is 2. The van der Waals surface area contributed by atoms with Gasteiger partial charge in [-0.1, -0.05) is 0 Å². The molecule has 1 amide bonds. The van der Waals surface area contributed by atoms with Crippen LogP contribution in [-0.4, -0.2) is 46.1 Å². The second-order valence-electron chi connectivity index (χ2n) is 7.99. The number of piperidine rings is 1. The maximum absolute atomic E-state index is 13.7. The molecule has 152 valence electrons. The first kappa shape index (κ1) is 19.4. The Balaban J connectivity index is 1.52. The maximum Gasteiger partial charge on any atom is 0.260 e. The van der Waals surface area contributed by atoms with Crippen LogP contribution in [0.15, 0.2) is 11.4 Å². The first-order chi connectivity index (χ1) is 13.3. The average molecular weight is 409 g/mol. The third-order valence-electron chi connectivity index (χ3n) is 6.12. The monoisotopic (exact) mass is 408 g/mol. The maximum atomic E-state index is 13.7. The highest BCUT2D eigenvalue weighted by molar-refractivity contribution is 7.10. The Kier molecular flexibility index (Phi) is 5.16. The fraction of sp³-hybridized carbons (Fsp3) is 0.600. The molecule has 28 heavy (non-hydrogen) atoms. The molecule has 0 unspecified atom stereocenters. The molecule has 2 aromatic rings. The molecule has 0 saturated carbocycles. The predicted molar refractivity (Wildman–Crippen MR) is 106 cm³/mol. The minimum atomic E-state index is -2.46. The number of anilines is 1. The van der Waals surface area contributed by atoms with Gasteiger partial charge in [0.2, 0.25) is 0 Å². The minimum absolute atomic E-state index is 0.0636. The molecule has 4 heterocycles. The van der Waals surface area contributed by atoms with Crippen molar-refractivity contribution in [2.24, 2.45) is 5.92 Å². The summed E-state index contributed by atoms with van der Waals surface area (Å²) in [6.07, 6.45) is -0.296. The van der Waals surface area contributed by atoms with E-state index in [0.29, 0.717) is 18.8 Å². The number of hydrogen-bond donors (Lipinski definition) is 1. The Morgan fingerprint density at radius 1 is 1.36 bits per heavy atom. The summed E-state index contributed by atoms with van der Waals surface area (Å²) in [4.78, 5) is 16.1. The molecule has 0 bridgehead atoms. The van der Waals surface area contributed by atoms with E-state index in [0.717, 1.165) is 41.1 Å². The molecule has 2 aliphatic rings. The number of carbonyl (C=O) groups is 1. The van der Waals surface area contributed by atoms with Crippen molar-refractivity contribution in [3.63, 3.8) is 0 Å². The van der Waals surface area contributed by atoms with Gasteiger partial charge in [0.25, 0.3) is 12.3 Å². The molecule has 2 aliphatic heterocycles. The molecule has 0 radical (unpaired) electrons. The molecule has 1 saturated heterocycles. The van der Waals surface area contributed by atoms with Crippen molar-refractivity contribution < 1.29 is 13.6 Å². The van der Waals surface area contributed by atoms with Crippen LogP contribution in [0.25, 0.3) is 0 Å². The van der Waals surface area contributed by atoms with Crippen molar-refractivity contribution in [1.82, 2.24) is 14.7 Å². The number of hydrogen-bond acceptors (Lipinski definition) is 4. The zero-order valence-corrected chi connectivity index (χ0v) is 17.2. The van der Waals surface area contributed by atoms with Crippen molar-refractivity contribution in [1.29, 1.82) is 0 Å². The first-order valence-corrected chi connectivity index (χ1v) is 10.7. The average Bonchev–Trinajstić information content (AvgIpc) is 3.21. The van der Waals surface area contributed by atoms with Crippen LogP contribution in [0.4, 0.5) is 14.6 Å². The predicted octanol–water partition coefficient (Wildman–Crippen LogP) is 4.41. The second-order valence-corrected chi connectivity index (χ2v) is 9.07. The van der Waals surface area contributed by atoms with Gasteiger partial charge in [-0.15, -0.1) is 11.3 Å². The summed E-state index contributed by atoms with van der Waals surface area (Å²) in [5.74, 6) is 0.878. The summed E-state index contributed by atoms with van der Waals surface area (Å²) in [5.41, 5.74) is 2.56. The number of nitrogens with zero attached hydrogens (tertiary/aromatic N) is 3. The Morgan fingerprint density at radius 3 is 2.82 bits per heavy atom. The molecule has 5 nitrogen and oxygen atoms in total. The van der Waals surface area contributed by atoms with Gasteiger partial charge in [0, 0.05) is 35.5 Å². The van der Waals surface area contributed by atoms with E-state index in [9.17, 15) is 13.6 Å². The molecular weight excluding hydrogens is 382 g/mol. The fourth-order valence-corrected chi connectivity index (χ4v) is 5.28. The van der Waals surface area contributed by atoms with E-state index in [4.69, 9.17) is 0 Å². The normalized spacial score (nSPS) is 24.9. The lowest BCUT2D eigenvalue weighted by molar-refractivity contribution is 0.0505. The lowest BCUT2D eigenvalue weighted by Crippen LogP contribution is -2.48. The van der Waals surface area contributed by atoms with Crippen molar-refractivity contribution in [3.05, 3.63) is 33.1 Å². The molecule has 1 N–H and O–H groups in total. The number of rotatable bonds is 3. The molecule has 4 rings (SSSR count).